The number of nitrogens with zero attached hydrogens (tertiary/aromatic N) is 2. The van der Waals surface area contributed by atoms with Gasteiger partial charge in [-0.05, 0) is 24.4 Å². The first-order valence-corrected chi connectivity index (χ1v) is 8.30. The number of carbonyl (C=O) groups excluding carboxylic acids is 1. The largest absolute Gasteiger partial charge is 0.341 e. The maximum Gasteiger partial charge on any atom is 0.223 e. The van der Waals surface area contributed by atoms with E-state index in [0.29, 0.717) is 23.1 Å². The summed E-state index contributed by atoms with van der Waals surface area (Å²) in [5.41, 5.74) is 1.38. The van der Waals surface area contributed by atoms with Crippen LogP contribution in [0, 0.1) is 5.92 Å². The predicted molar refractivity (Wildman–Crippen MR) is 83.7 cm³/mol. The van der Waals surface area contributed by atoms with Gasteiger partial charge in [-0.15, -0.1) is 0 Å². The monoisotopic (exact) mass is 336 g/mol. The van der Waals surface area contributed by atoms with Crippen molar-refractivity contribution < 1.29 is 4.79 Å². The molecule has 2 aliphatic rings. The highest BCUT2D eigenvalue weighted by atomic mass is 79.9. The standard InChI is InChI=1S/C16H21BrN2O/c17-15-8-16(20)19(12-15)11-14-6-7-18(10-14)9-13-4-2-1-3-5-13/h1-5,14-15H,6-12H2. The molecule has 1 amide bonds. The molecule has 0 bridgehead atoms. The average molecular weight is 337 g/mol. The van der Waals surface area contributed by atoms with Gasteiger partial charge in [0.15, 0.2) is 0 Å². The summed E-state index contributed by atoms with van der Waals surface area (Å²) in [6.07, 6.45) is 1.88. The number of rotatable bonds is 4. The number of alkyl halides is 1. The fraction of sp³-hybridized carbons (Fsp3) is 0.562. The molecule has 3 rings (SSSR count). The van der Waals surface area contributed by atoms with Gasteiger partial charge in [0, 0.05) is 37.4 Å². The third kappa shape index (κ3) is 3.41. The fourth-order valence-electron chi connectivity index (χ4n) is 3.26. The highest BCUT2D eigenvalue weighted by Crippen LogP contribution is 2.24. The zero-order valence-electron chi connectivity index (χ0n) is 11.7. The Morgan fingerprint density at radius 3 is 2.70 bits per heavy atom. The molecule has 3 nitrogen and oxygen atoms in total. The molecular weight excluding hydrogens is 316 g/mol. The summed E-state index contributed by atoms with van der Waals surface area (Å²) in [5.74, 6) is 0.953. The smallest absolute Gasteiger partial charge is 0.223 e. The molecule has 108 valence electrons. The number of hydrogen-bond donors (Lipinski definition) is 0. The van der Waals surface area contributed by atoms with Crippen LogP contribution in [0.25, 0.3) is 0 Å². The summed E-state index contributed by atoms with van der Waals surface area (Å²) in [6.45, 7) is 5.12. The molecule has 0 spiro atoms. The fourth-order valence-corrected chi connectivity index (χ4v) is 3.89. The van der Waals surface area contributed by atoms with Gasteiger partial charge in [-0.25, -0.2) is 0 Å². The van der Waals surface area contributed by atoms with E-state index in [4.69, 9.17) is 0 Å². The number of halogens is 1. The van der Waals surface area contributed by atoms with Gasteiger partial charge >= 0.3 is 0 Å². The first-order chi connectivity index (χ1) is 9.70. The molecule has 2 atom stereocenters. The van der Waals surface area contributed by atoms with Gasteiger partial charge in [-0.3, -0.25) is 9.69 Å². The lowest BCUT2D eigenvalue weighted by molar-refractivity contribution is -0.128. The Morgan fingerprint density at radius 1 is 1.20 bits per heavy atom. The predicted octanol–water partition coefficient (Wildman–Crippen LogP) is 2.50. The summed E-state index contributed by atoms with van der Waals surface area (Å²) in [7, 11) is 0. The third-order valence-corrected chi connectivity index (χ3v) is 4.88. The van der Waals surface area contributed by atoms with Crippen LogP contribution in [0.4, 0.5) is 0 Å². The molecule has 1 aromatic carbocycles. The lowest BCUT2D eigenvalue weighted by atomic mass is 10.1. The molecule has 0 aliphatic carbocycles. The van der Waals surface area contributed by atoms with Crippen LogP contribution in [-0.4, -0.2) is 46.7 Å². The van der Waals surface area contributed by atoms with Crippen molar-refractivity contribution in [1.82, 2.24) is 9.80 Å². The van der Waals surface area contributed by atoms with E-state index in [-0.39, 0.29) is 0 Å². The van der Waals surface area contributed by atoms with Crippen molar-refractivity contribution in [3.63, 3.8) is 0 Å². The Labute approximate surface area is 129 Å². The lowest BCUT2D eigenvalue weighted by Gasteiger charge is -2.21. The van der Waals surface area contributed by atoms with Gasteiger partial charge in [-0.2, -0.15) is 0 Å². The molecule has 0 N–H and O–H groups in total. The van der Waals surface area contributed by atoms with Crippen LogP contribution in [0.15, 0.2) is 30.3 Å². The number of benzene rings is 1. The van der Waals surface area contributed by atoms with Crippen LogP contribution in [0.5, 0.6) is 0 Å². The molecule has 2 unspecified atom stereocenters. The number of hydrogen-bond acceptors (Lipinski definition) is 2. The lowest BCUT2D eigenvalue weighted by Crippen LogP contribution is -2.32. The Balaban J connectivity index is 1.49. The number of likely N-dealkylation sites (tertiary alicyclic amines) is 2. The zero-order chi connectivity index (χ0) is 13.9. The van der Waals surface area contributed by atoms with Crippen molar-refractivity contribution >= 4 is 21.8 Å². The van der Waals surface area contributed by atoms with Crippen LogP contribution < -0.4 is 0 Å². The van der Waals surface area contributed by atoms with E-state index in [1.807, 2.05) is 4.90 Å². The Kier molecular flexibility index (Phi) is 4.41. The van der Waals surface area contributed by atoms with Crippen LogP contribution in [0.2, 0.25) is 0 Å². The highest BCUT2D eigenvalue weighted by molar-refractivity contribution is 9.09. The van der Waals surface area contributed by atoms with E-state index < -0.39 is 0 Å². The van der Waals surface area contributed by atoms with Gasteiger partial charge in [0.1, 0.15) is 0 Å². The molecule has 1 aromatic rings. The Hall–Kier alpha value is -0.870. The van der Waals surface area contributed by atoms with E-state index in [1.165, 1.54) is 12.0 Å². The minimum absolute atomic E-state index is 0.313. The minimum atomic E-state index is 0.313. The van der Waals surface area contributed by atoms with Gasteiger partial charge in [0.2, 0.25) is 5.91 Å². The van der Waals surface area contributed by atoms with E-state index in [2.05, 4.69) is 51.2 Å². The summed E-state index contributed by atoms with van der Waals surface area (Å²) in [4.78, 5) is 16.7. The summed E-state index contributed by atoms with van der Waals surface area (Å²) in [5, 5.41) is 0. The molecule has 2 saturated heterocycles. The van der Waals surface area contributed by atoms with E-state index in [0.717, 1.165) is 32.7 Å². The maximum absolute atomic E-state index is 11.8. The van der Waals surface area contributed by atoms with Crippen LogP contribution in [-0.2, 0) is 11.3 Å². The maximum atomic E-state index is 11.8. The third-order valence-electron chi connectivity index (χ3n) is 4.26. The molecule has 2 heterocycles. The van der Waals surface area contributed by atoms with Gasteiger partial charge in [-0.1, -0.05) is 46.3 Å². The van der Waals surface area contributed by atoms with Gasteiger partial charge in [0.05, 0.1) is 0 Å². The first kappa shape index (κ1) is 14.1. The van der Waals surface area contributed by atoms with Gasteiger partial charge < -0.3 is 4.90 Å². The van der Waals surface area contributed by atoms with Crippen molar-refractivity contribution in [2.75, 3.05) is 26.2 Å². The van der Waals surface area contributed by atoms with Crippen LogP contribution in [0.3, 0.4) is 0 Å². The van der Waals surface area contributed by atoms with Crippen LogP contribution in [0.1, 0.15) is 18.4 Å². The average Bonchev–Trinajstić information content (AvgIpc) is 2.98. The van der Waals surface area contributed by atoms with Crippen molar-refractivity contribution in [3.05, 3.63) is 35.9 Å². The van der Waals surface area contributed by atoms with Crippen LogP contribution >= 0.6 is 15.9 Å². The molecule has 0 radical (unpaired) electrons. The Bertz CT molecular complexity index is 465. The second-order valence-electron chi connectivity index (χ2n) is 5.98. The molecule has 2 aliphatic heterocycles. The topological polar surface area (TPSA) is 23.6 Å². The second-order valence-corrected chi connectivity index (χ2v) is 7.27. The number of amides is 1. The summed E-state index contributed by atoms with van der Waals surface area (Å²) >= 11 is 3.55. The molecule has 2 fully saturated rings. The van der Waals surface area contributed by atoms with E-state index in [9.17, 15) is 4.79 Å². The SMILES string of the molecule is O=C1CC(Br)CN1CC1CCN(Cc2ccccc2)C1. The van der Waals surface area contributed by atoms with Gasteiger partial charge in [0.25, 0.3) is 0 Å². The van der Waals surface area contributed by atoms with E-state index in [1.54, 1.807) is 0 Å². The Morgan fingerprint density at radius 2 is 2.00 bits per heavy atom. The molecule has 20 heavy (non-hydrogen) atoms. The zero-order valence-corrected chi connectivity index (χ0v) is 13.3. The summed E-state index contributed by atoms with van der Waals surface area (Å²) in [6, 6.07) is 10.6. The number of carbonyl (C=O) groups is 1. The first-order valence-electron chi connectivity index (χ1n) is 7.39. The van der Waals surface area contributed by atoms with Crippen molar-refractivity contribution in [1.29, 1.82) is 0 Å². The quantitative estimate of drug-likeness (QED) is 0.789. The molecule has 0 saturated carbocycles. The molecule has 4 heteroatoms. The highest BCUT2D eigenvalue weighted by Gasteiger charge is 2.31. The van der Waals surface area contributed by atoms with E-state index >= 15 is 0 Å². The van der Waals surface area contributed by atoms with Crippen molar-refractivity contribution in [3.8, 4) is 0 Å². The minimum Gasteiger partial charge on any atom is -0.341 e. The molecular formula is C16H21BrN2O. The second kappa shape index (κ2) is 6.27. The normalized spacial score (nSPS) is 27.4. The summed E-state index contributed by atoms with van der Waals surface area (Å²) < 4.78 is 0. The molecule has 0 aromatic heterocycles. The van der Waals surface area contributed by atoms with Crippen molar-refractivity contribution in [2.24, 2.45) is 5.92 Å². The van der Waals surface area contributed by atoms with Crippen molar-refractivity contribution in [2.45, 2.75) is 24.2 Å².